The molecule has 0 aromatic heterocycles. The van der Waals surface area contributed by atoms with E-state index in [0.717, 1.165) is 6.26 Å². The Balaban J connectivity index is 2.52. The lowest BCUT2D eigenvalue weighted by Gasteiger charge is -2.23. The maximum absolute atomic E-state index is 11.7. The fraction of sp³-hybridized carbons (Fsp3) is 0.800. The van der Waals surface area contributed by atoms with Gasteiger partial charge in [-0.15, -0.1) is 0 Å². The fourth-order valence-corrected chi connectivity index (χ4v) is 2.16. The largest absolute Gasteiger partial charge is 0.480 e. The van der Waals surface area contributed by atoms with Crippen molar-refractivity contribution in [2.75, 3.05) is 31.8 Å². The van der Waals surface area contributed by atoms with E-state index in [1.165, 1.54) is 0 Å². The molecule has 110 valence electrons. The van der Waals surface area contributed by atoms with E-state index in [1.807, 2.05) is 0 Å². The molecule has 1 heterocycles. The average Bonchev–Trinajstić information content (AvgIpc) is 2.33. The monoisotopic (exact) mass is 295 g/mol. The summed E-state index contributed by atoms with van der Waals surface area (Å²) in [7, 11) is -3.28. The van der Waals surface area contributed by atoms with Crippen LogP contribution in [0.25, 0.3) is 0 Å². The van der Waals surface area contributed by atoms with Crippen molar-refractivity contribution < 1.29 is 32.6 Å². The third kappa shape index (κ3) is 5.99. The van der Waals surface area contributed by atoms with Crippen LogP contribution in [-0.2, 0) is 28.9 Å². The van der Waals surface area contributed by atoms with Crippen LogP contribution in [0.1, 0.15) is 6.42 Å². The van der Waals surface area contributed by atoms with Crippen LogP contribution >= 0.6 is 0 Å². The van der Waals surface area contributed by atoms with E-state index in [1.54, 1.807) is 0 Å². The van der Waals surface area contributed by atoms with Crippen LogP contribution in [0.2, 0.25) is 0 Å². The lowest BCUT2D eigenvalue weighted by atomic mass is 10.2. The number of carbonyl (C=O) groups excluding carboxylic acids is 1. The maximum Gasteiger partial charge on any atom is 0.326 e. The maximum atomic E-state index is 11.7. The van der Waals surface area contributed by atoms with Gasteiger partial charge in [-0.1, -0.05) is 0 Å². The molecule has 19 heavy (non-hydrogen) atoms. The first kappa shape index (κ1) is 15.9. The molecule has 9 heteroatoms. The third-order valence-electron chi connectivity index (χ3n) is 2.50. The summed E-state index contributed by atoms with van der Waals surface area (Å²) in [6.45, 7) is 0.712. The van der Waals surface area contributed by atoms with Crippen molar-refractivity contribution in [3.63, 3.8) is 0 Å². The molecule has 2 N–H and O–H groups in total. The molecular formula is C10H17NO7S. The molecule has 1 aliphatic rings. The van der Waals surface area contributed by atoms with Crippen LogP contribution in [-0.4, -0.2) is 69.4 Å². The van der Waals surface area contributed by atoms with Gasteiger partial charge in [0.1, 0.15) is 15.9 Å². The third-order valence-corrected chi connectivity index (χ3v) is 3.48. The van der Waals surface area contributed by atoms with Gasteiger partial charge in [0.2, 0.25) is 0 Å². The Labute approximate surface area is 111 Å². The van der Waals surface area contributed by atoms with Crippen molar-refractivity contribution in [2.24, 2.45) is 0 Å². The standard InChI is InChI=1S/C10H17NO7S/c1-19(15,16)5-2-7(10(13)14)11-9(12)8-6-17-3-4-18-8/h7-8H,2-6H2,1H3,(H,11,12)(H,13,14). The van der Waals surface area contributed by atoms with Crippen molar-refractivity contribution in [1.82, 2.24) is 5.32 Å². The summed E-state index contributed by atoms with van der Waals surface area (Å²) in [6, 6.07) is -1.26. The van der Waals surface area contributed by atoms with Crippen LogP contribution < -0.4 is 5.32 Å². The Kier molecular flexibility index (Phi) is 5.70. The van der Waals surface area contributed by atoms with Gasteiger partial charge in [-0.2, -0.15) is 0 Å². The van der Waals surface area contributed by atoms with Crippen molar-refractivity contribution in [3.8, 4) is 0 Å². The van der Waals surface area contributed by atoms with Gasteiger partial charge in [0, 0.05) is 6.26 Å². The van der Waals surface area contributed by atoms with Crippen LogP contribution in [0.15, 0.2) is 0 Å². The highest BCUT2D eigenvalue weighted by Crippen LogP contribution is 2.03. The number of carboxylic acids is 1. The normalized spacial score (nSPS) is 21.6. The average molecular weight is 295 g/mol. The Bertz CT molecular complexity index is 427. The SMILES string of the molecule is CS(=O)(=O)CCC(NC(=O)C1COCCO1)C(=O)O. The lowest BCUT2D eigenvalue weighted by Crippen LogP contribution is -2.49. The highest BCUT2D eigenvalue weighted by atomic mass is 32.2. The molecule has 0 spiro atoms. The van der Waals surface area contributed by atoms with Crippen LogP contribution in [0.3, 0.4) is 0 Å². The number of rotatable bonds is 6. The van der Waals surface area contributed by atoms with Crippen LogP contribution in [0, 0.1) is 0 Å². The van der Waals surface area contributed by atoms with Gasteiger partial charge in [-0.05, 0) is 6.42 Å². The Hall–Kier alpha value is -1.19. The summed E-state index contributed by atoms with van der Waals surface area (Å²) < 4.78 is 32.1. The quantitative estimate of drug-likeness (QED) is 0.606. The first-order valence-corrected chi connectivity index (χ1v) is 7.76. The predicted octanol–water partition coefficient (Wildman–Crippen LogP) is -1.59. The van der Waals surface area contributed by atoms with Crippen LogP contribution in [0.5, 0.6) is 0 Å². The van der Waals surface area contributed by atoms with Gasteiger partial charge in [0.15, 0.2) is 6.10 Å². The van der Waals surface area contributed by atoms with Gasteiger partial charge >= 0.3 is 5.97 Å². The topological polar surface area (TPSA) is 119 Å². The van der Waals surface area contributed by atoms with E-state index >= 15 is 0 Å². The Morgan fingerprint density at radius 3 is 2.58 bits per heavy atom. The zero-order valence-electron chi connectivity index (χ0n) is 10.5. The second-order valence-corrected chi connectivity index (χ2v) is 6.51. The summed E-state index contributed by atoms with van der Waals surface area (Å²) in [5.74, 6) is -2.21. The number of hydrogen-bond donors (Lipinski definition) is 2. The van der Waals surface area contributed by atoms with Gasteiger partial charge in [-0.25, -0.2) is 13.2 Å². The lowest BCUT2D eigenvalue weighted by molar-refractivity contribution is -0.152. The molecule has 2 unspecified atom stereocenters. The Morgan fingerprint density at radius 1 is 1.42 bits per heavy atom. The van der Waals surface area contributed by atoms with E-state index in [2.05, 4.69) is 5.32 Å². The highest BCUT2D eigenvalue weighted by molar-refractivity contribution is 7.90. The first-order valence-electron chi connectivity index (χ1n) is 5.70. The van der Waals surface area contributed by atoms with Crippen LogP contribution in [0.4, 0.5) is 0 Å². The zero-order chi connectivity index (χ0) is 14.5. The number of aliphatic carboxylic acids is 1. The minimum atomic E-state index is -3.28. The van der Waals surface area contributed by atoms with Crippen molar-refractivity contribution >= 4 is 21.7 Å². The molecule has 8 nitrogen and oxygen atoms in total. The number of carbonyl (C=O) groups is 2. The van der Waals surface area contributed by atoms with E-state index < -0.39 is 33.9 Å². The molecule has 0 radical (unpaired) electrons. The zero-order valence-corrected chi connectivity index (χ0v) is 11.3. The second kappa shape index (κ2) is 6.83. The molecule has 0 aliphatic carbocycles. The van der Waals surface area contributed by atoms with Gasteiger partial charge in [0.25, 0.3) is 5.91 Å². The molecule has 1 aliphatic heterocycles. The summed E-state index contributed by atoms with van der Waals surface area (Å²) in [4.78, 5) is 22.7. The minimum Gasteiger partial charge on any atom is -0.480 e. The number of carboxylic acid groups (broad SMARTS) is 1. The van der Waals surface area contributed by atoms with E-state index in [-0.39, 0.29) is 25.4 Å². The van der Waals surface area contributed by atoms with Crippen molar-refractivity contribution in [1.29, 1.82) is 0 Å². The number of ether oxygens (including phenoxy) is 2. The minimum absolute atomic E-state index is 0.0598. The number of sulfone groups is 1. The van der Waals surface area contributed by atoms with E-state index in [0.29, 0.717) is 6.61 Å². The second-order valence-electron chi connectivity index (χ2n) is 4.25. The molecule has 1 saturated heterocycles. The highest BCUT2D eigenvalue weighted by Gasteiger charge is 2.28. The molecule has 0 bridgehead atoms. The summed E-state index contributed by atoms with van der Waals surface area (Å²) in [5.41, 5.74) is 0. The molecular weight excluding hydrogens is 278 g/mol. The molecule has 2 atom stereocenters. The number of amides is 1. The number of nitrogens with one attached hydrogen (secondary N) is 1. The van der Waals surface area contributed by atoms with Crippen molar-refractivity contribution in [3.05, 3.63) is 0 Å². The first-order chi connectivity index (χ1) is 8.79. The van der Waals surface area contributed by atoms with E-state index in [4.69, 9.17) is 14.6 Å². The van der Waals surface area contributed by atoms with Gasteiger partial charge < -0.3 is 19.9 Å². The number of hydrogen-bond acceptors (Lipinski definition) is 6. The van der Waals surface area contributed by atoms with Crippen molar-refractivity contribution in [2.45, 2.75) is 18.6 Å². The Morgan fingerprint density at radius 2 is 2.11 bits per heavy atom. The fourth-order valence-electron chi connectivity index (χ4n) is 1.49. The molecule has 1 rings (SSSR count). The summed E-state index contributed by atoms with van der Waals surface area (Å²) >= 11 is 0. The molecule has 0 aromatic rings. The smallest absolute Gasteiger partial charge is 0.326 e. The van der Waals surface area contributed by atoms with Gasteiger partial charge in [-0.3, -0.25) is 4.79 Å². The predicted molar refractivity (Wildman–Crippen MR) is 64.5 cm³/mol. The molecule has 1 fully saturated rings. The molecule has 1 amide bonds. The summed E-state index contributed by atoms with van der Waals surface area (Å²) in [6.07, 6.45) is -0.0342. The summed E-state index contributed by atoms with van der Waals surface area (Å²) in [5, 5.41) is 11.2. The molecule has 0 saturated carbocycles. The van der Waals surface area contributed by atoms with E-state index in [9.17, 15) is 18.0 Å². The van der Waals surface area contributed by atoms with Gasteiger partial charge in [0.05, 0.1) is 25.6 Å². The molecule has 0 aromatic carbocycles.